The van der Waals surface area contributed by atoms with Crippen molar-refractivity contribution in [2.45, 2.75) is 76.3 Å². The van der Waals surface area contributed by atoms with Crippen LogP contribution in [0.4, 0.5) is 5.69 Å². The molecule has 2 saturated carbocycles. The predicted molar refractivity (Wildman–Crippen MR) is 116 cm³/mol. The SMILES string of the molecule is CS(=O)(=O)Nc1ccccc1C(=O)OCC(=O)N(C1CCCCC1)C1CCCCC1. The van der Waals surface area contributed by atoms with Crippen molar-refractivity contribution in [1.29, 1.82) is 0 Å². The Bertz CT molecular complexity index is 825. The number of carbonyl (C=O) groups excluding carboxylic acids is 2. The van der Waals surface area contributed by atoms with Crippen LogP contribution in [0.3, 0.4) is 0 Å². The molecule has 0 aromatic heterocycles. The molecule has 0 heterocycles. The van der Waals surface area contributed by atoms with Crippen LogP contribution in [-0.2, 0) is 19.6 Å². The van der Waals surface area contributed by atoms with Crippen molar-refractivity contribution in [3.05, 3.63) is 29.8 Å². The van der Waals surface area contributed by atoms with Gasteiger partial charge in [0.05, 0.1) is 17.5 Å². The number of amides is 1. The molecule has 1 aromatic carbocycles. The largest absolute Gasteiger partial charge is 0.452 e. The van der Waals surface area contributed by atoms with Crippen molar-refractivity contribution in [3.63, 3.8) is 0 Å². The second-order valence-corrected chi connectivity index (χ2v) is 10.1. The van der Waals surface area contributed by atoms with Crippen molar-refractivity contribution in [2.24, 2.45) is 0 Å². The fourth-order valence-corrected chi connectivity index (χ4v) is 5.23. The van der Waals surface area contributed by atoms with E-state index in [0.29, 0.717) is 0 Å². The van der Waals surface area contributed by atoms with Crippen LogP contribution in [0, 0.1) is 0 Å². The maximum absolute atomic E-state index is 13.1. The van der Waals surface area contributed by atoms with Gasteiger partial charge in [0.15, 0.2) is 6.61 Å². The Morgan fingerprint density at radius 2 is 1.50 bits per heavy atom. The summed E-state index contributed by atoms with van der Waals surface area (Å²) >= 11 is 0. The van der Waals surface area contributed by atoms with E-state index in [2.05, 4.69) is 4.72 Å². The highest BCUT2D eigenvalue weighted by Gasteiger charge is 2.33. The molecule has 1 N–H and O–H groups in total. The summed E-state index contributed by atoms with van der Waals surface area (Å²) in [5, 5.41) is 0. The Hall–Kier alpha value is -2.09. The van der Waals surface area contributed by atoms with Crippen LogP contribution >= 0.6 is 0 Å². The first-order valence-corrected chi connectivity index (χ1v) is 12.8. The second-order valence-electron chi connectivity index (χ2n) is 8.38. The van der Waals surface area contributed by atoms with Crippen LogP contribution < -0.4 is 4.72 Å². The summed E-state index contributed by atoms with van der Waals surface area (Å²) in [6.07, 6.45) is 12.0. The zero-order valence-corrected chi connectivity index (χ0v) is 18.5. The molecule has 1 aromatic rings. The van der Waals surface area contributed by atoms with Crippen LogP contribution in [-0.4, -0.2) is 50.1 Å². The Kier molecular flexibility index (Phi) is 7.75. The summed E-state index contributed by atoms with van der Waals surface area (Å²) in [6, 6.07) is 6.70. The third kappa shape index (κ3) is 6.20. The number of hydrogen-bond acceptors (Lipinski definition) is 5. The van der Waals surface area contributed by atoms with Crippen molar-refractivity contribution < 1.29 is 22.7 Å². The Balaban J connectivity index is 1.68. The molecule has 2 aliphatic carbocycles. The molecule has 0 unspecified atom stereocenters. The molecular formula is C22H32N2O5S. The lowest BCUT2D eigenvalue weighted by Crippen LogP contribution is -2.50. The molecule has 3 rings (SSSR count). The third-order valence-corrected chi connectivity index (χ3v) is 6.58. The lowest BCUT2D eigenvalue weighted by Gasteiger charge is -2.41. The number of rotatable bonds is 7. The summed E-state index contributed by atoms with van der Waals surface area (Å²) < 4.78 is 30.8. The monoisotopic (exact) mass is 436 g/mol. The molecule has 7 nitrogen and oxygen atoms in total. The summed E-state index contributed by atoms with van der Waals surface area (Å²) in [5.74, 6) is -0.849. The molecule has 166 valence electrons. The third-order valence-electron chi connectivity index (χ3n) is 5.99. The van der Waals surface area contributed by atoms with Gasteiger partial charge in [-0.25, -0.2) is 13.2 Å². The fraction of sp³-hybridized carbons (Fsp3) is 0.636. The quantitative estimate of drug-likeness (QED) is 0.658. The lowest BCUT2D eigenvalue weighted by molar-refractivity contribution is -0.141. The number of sulfonamides is 1. The highest BCUT2D eigenvalue weighted by molar-refractivity contribution is 7.92. The number of ether oxygens (including phenoxy) is 1. The van der Waals surface area contributed by atoms with Crippen molar-refractivity contribution in [2.75, 3.05) is 17.6 Å². The van der Waals surface area contributed by atoms with E-state index in [4.69, 9.17) is 4.74 Å². The number of para-hydroxylation sites is 1. The van der Waals surface area contributed by atoms with Crippen molar-refractivity contribution in [3.8, 4) is 0 Å². The van der Waals surface area contributed by atoms with E-state index >= 15 is 0 Å². The van der Waals surface area contributed by atoms with E-state index in [1.807, 2.05) is 4.90 Å². The van der Waals surface area contributed by atoms with Crippen LogP contribution in [0.5, 0.6) is 0 Å². The molecule has 30 heavy (non-hydrogen) atoms. The minimum Gasteiger partial charge on any atom is -0.452 e. The van der Waals surface area contributed by atoms with Crippen LogP contribution in [0.15, 0.2) is 24.3 Å². The van der Waals surface area contributed by atoms with Gasteiger partial charge in [-0.2, -0.15) is 0 Å². The topological polar surface area (TPSA) is 92.8 Å². The summed E-state index contributed by atoms with van der Waals surface area (Å²) in [4.78, 5) is 27.7. The van der Waals surface area contributed by atoms with E-state index in [-0.39, 0.29) is 35.8 Å². The summed E-state index contributed by atoms with van der Waals surface area (Å²) in [7, 11) is -3.54. The van der Waals surface area contributed by atoms with Crippen LogP contribution in [0.1, 0.15) is 74.6 Å². The normalized spacial score (nSPS) is 18.6. The highest BCUT2D eigenvalue weighted by atomic mass is 32.2. The van der Waals surface area contributed by atoms with Crippen molar-refractivity contribution in [1.82, 2.24) is 4.90 Å². The first-order chi connectivity index (χ1) is 14.3. The van der Waals surface area contributed by atoms with Crippen LogP contribution in [0.2, 0.25) is 0 Å². The fourth-order valence-electron chi connectivity index (χ4n) is 4.65. The van der Waals surface area contributed by atoms with Crippen molar-refractivity contribution >= 4 is 27.6 Å². The standard InChI is InChI=1S/C22H32N2O5S/c1-30(27,28)23-20-15-9-8-14-19(20)22(26)29-16-21(25)24(17-10-4-2-5-11-17)18-12-6-3-7-13-18/h8-9,14-15,17-18,23H,2-7,10-13,16H2,1H3. The Morgan fingerprint density at radius 1 is 0.967 bits per heavy atom. The van der Waals surface area contributed by atoms with Gasteiger partial charge in [-0.1, -0.05) is 50.7 Å². The zero-order valence-electron chi connectivity index (χ0n) is 17.6. The van der Waals surface area contributed by atoms with E-state index in [9.17, 15) is 18.0 Å². The first kappa shape index (κ1) is 22.6. The molecule has 0 atom stereocenters. The van der Waals surface area contributed by atoms with E-state index < -0.39 is 16.0 Å². The number of nitrogens with one attached hydrogen (secondary N) is 1. The lowest BCUT2D eigenvalue weighted by atomic mass is 9.88. The second kappa shape index (κ2) is 10.3. The van der Waals surface area contributed by atoms with Gasteiger partial charge in [-0.3, -0.25) is 9.52 Å². The molecule has 2 fully saturated rings. The first-order valence-electron chi connectivity index (χ1n) is 10.9. The number of benzene rings is 1. The van der Waals surface area contributed by atoms with Gasteiger partial charge in [0, 0.05) is 12.1 Å². The predicted octanol–water partition coefficient (Wildman–Crippen LogP) is 3.71. The minimum absolute atomic E-state index is 0.0950. The number of hydrogen-bond donors (Lipinski definition) is 1. The molecule has 0 spiro atoms. The minimum atomic E-state index is -3.54. The number of nitrogens with zero attached hydrogens (tertiary/aromatic N) is 1. The van der Waals surface area contributed by atoms with Gasteiger partial charge in [0.2, 0.25) is 10.0 Å². The molecule has 0 aliphatic heterocycles. The Labute approximate surface area is 179 Å². The van der Waals surface area contributed by atoms with Gasteiger partial charge < -0.3 is 9.64 Å². The number of carbonyl (C=O) groups is 2. The zero-order chi connectivity index (χ0) is 21.6. The molecule has 2 aliphatic rings. The summed E-state index contributed by atoms with van der Waals surface area (Å²) in [6.45, 7) is -0.320. The van der Waals surface area contributed by atoms with E-state index in [0.717, 1.165) is 57.6 Å². The number of anilines is 1. The molecule has 0 bridgehead atoms. The highest BCUT2D eigenvalue weighted by Crippen LogP contribution is 2.30. The van der Waals surface area contributed by atoms with Crippen LogP contribution in [0.25, 0.3) is 0 Å². The van der Waals surface area contributed by atoms with Gasteiger partial charge in [-0.15, -0.1) is 0 Å². The number of esters is 1. The smallest absolute Gasteiger partial charge is 0.340 e. The van der Waals surface area contributed by atoms with Gasteiger partial charge >= 0.3 is 5.97 Å². The Morgan fingerprint density at radius 3 is 2.03 bits per heavy atom. The van der Waals surface area contributed by atoms with Gasteiger partial charge in [0.25, 0.3) is 5.91 Å². The van der Waals surface area contributed by atoms with Gasteiger partial charge in [0.1, 0.15) is 0 Å². The van der Waals surface area contributed by atoms with Gasteiger partial charge in [-0.05, 0) is 37.8 Å². The average Bonchev–Trinajstić information content (AvgIpc) is 2.73. The average molecular weight is 437 g/mol. The molecular weight excluding hydrogens is 404 g/mol. The maximum atomic E-state index is 13.1. The molecule has 0 saturated heterocycles. The van der Waals surface area contributed by atoms with E-state index in [1.165, 1.54) is 25.0 Å². The molecule has 8 heteroatoms. The van der Waals surface area contributed by atoms with E-state index in [1.54, 1.807) is 12.1 Å². The summed E-state index contributed by atoms with van der Waals surface area (Å²) in [5.41, 5.74) is 0.242. The maximum Gasteiger partial charge on any atom is 0.340 e. The molecule has 1 amide bonds. The molecule has 0 radical (unpaired) electrons.